The molecule has 0 aliphatic heterocycles. The van der Waals surface area contributed by atoms with Gasteiger partial charge in [-0.1, -0.05) is 35.3 Å². The Morgan fingerprint density at radius 1 is 1.09 bits per heavy atom. The lowest BCUT2D eigenvalue weighted by Gasteiger charge is -2.15. The highest BCUT2D eigenvalue weighted by Gasteiger charge is 2.16. The van der Waals surface area contributed by atoms with Crippen LogP contribution in [0.1, 0.15) is 18.1 Å². The quantitative estimate of drug-likeness (QED) is 0.195. The van der Waals surface area contributed by atoms with Crippen molar-refractivity contribution in [3.8, 4) is 11.5 Å². The number of hydrogen-bond donors (Lipinski definition) is 2. The van der Waals surface area contributed by atoms with Crippen LogP contribution in [-0.2, 0) is 16.2 Å². The van der Waals surface area contributed by atoms with Crippen LogP contribution in [0.5, 0.6) is 11.5 Å². The third kappa shape index (κ3) is 7.42. The van der Waals surface area contributed by atoms with Crippen molar-refractivity contribution in [1.29, 1.82) is 0 Å². The lowest BCUT2D eigenvalue weighted by Crippen LogP contribution is -2.32. The first kappa shape index (κ1) is 26.5. The van der Waals surface area contributed by atoms with E-state index in [0.717, 1.165) is 0 Å². The fourth-order valence-corrected chi connectivity index (χ4v) is 3.83. The molecule has 0 saturated carbocycles. The fraction of sp³-hybridized carbons (Fsp3) is 0.125. The first-order chi connectivity index (χ1) is 16.8. The average Bonchev–Trinajstić information content (AvgIpc) is 2.80. The minimum absolute atomic E-state index is 0.116. The molecule has 3 rings (SSSR count). The molecule has 2 amide bonds. The van der Waals surface area contributed by atoms with Gasteiger partial charge in [0.2, 0.25) is 0 Å². The molecule has 182 valence electrons. The smallest absolute Gasteiger partial charge is 0.329 e. The number of rotatable bonds is 8. The number of benzene rings is 3. The molecular weight excluding hydrogens is 564 g/mol. The number of hydrazone groups is 1. The summed E-state index contributed by atoms with van der Waals surface area (Å²) >= 11 is 15.3. The number of carbonyl (C=O) groups excluding carboxylic acids is 2. The fourth-order valence-electron chi connectivity index (χ4n) is 2.85. The maximum absolute atomic E-state index is 14.1. The molecule has 0 aromatic heterocycles. The Bertz CT molecular complexity index is 1250. The third-order valence-electron chi connectivity index (χ3n) is 4.42. The Hall–Kier alpha value is -3.14. The van der Waals surface area contributed by atoms with E-state index in [4.69, 9.17) is 32.7 Å². The van der Waals surface area contributed by atoms with Gasteiger partial charge in [-0.15, -0.1) is 0 Å². The molecule has 0 aliphatic carbocycles. The van der Waals surface area contributed by atoms with Crippen molar-refractivity contribution in [1.82, 2.24) is 5.43 Å². The Morgan fingerprint density at radius 2 is 1.86 bits per heavy atom. The number of anilines is 1. The van der Waals surface area contributed by atoms with Gasteiger partial charge in [-0.05, 0) is 70.9 Å². The van der Waals surface area contributed by atoms with E-state index in [2.05, 4.69) is 31.8 Å². The minimum Gasteiger partial charge on any atom is -0.490 e. The van der Waals surface area contributed by atoms with Crippen molar-refractivity contribution in [3.05, 3.63) is 86.1 Å². The second-order valence-corrected chi connectivity index (χ2v) is 8.61. The van der Waals surface area contributed by atoms with E-state index in [-0.39, 0.29) is 17.2 Å². The van der Waals surface area contributed by atoms with E-state index in [9.17, 15) is 14.0 Å². The molecule has 0 spiro atoms. The summed E-state index contributed by atoms with van der Waals surface area (Å²) in [5.41, 5.74) is 3.28. The molecular formula is C24H19BrCl2FN3O4. The van der Waals surface area contributed by atoms with E-state index in [1.165, 1.54) is 24.4 Å². The molecule has 11 heteroatoms. The maximum atomic E-state index is 14.1. The predicted octanol–water partition coefficient (Wildman–Crippen LogP) is 5.96. The van der Waals surface area contributed by atoms with Gasteiger partial charge in [0.25, 0.3) is 0 Å². The molecule has 7 nitrogen and oxygen atoms in total. The summed E-state index contributed by atoms with van der Waals surface area (Å²) in [5, 5.41) is 6.90. The average molecular weight is 583 g/mol. The molecule has 3 aromatic carbocycles. The summed E-state index contributed by atoms with van der Waals surface area (Å²) in [6, 6.07) is 14.0. The van der Waals surface area contributed by atoms with Gasteiger partial charge < -0.3 is 14.8 Å². The van der Waals surface area contributed by atoms with Crippen molar-refractivity contribution in [2.45, 2.75) is 13.5 Å². The van der Waals surface area contributed by atoms with Crippen LogP contribution in [0.2, 0.25) is 10.0 Å². The van der Waals surface area contributed by atoms with Gasteiger partial charge in [-0.25, -0.2) is 9.82 Å². The van der Waals surface area contributed by atoms with Crippen LogP contribution in [0, 0.1) is 5.82 Å². The minimum atomic E-state index is -0.966. The van der Waals surface area contributed by atoms with Crippen molar-refractivity contribution in [2.24, 2.45) is 5.10 Å². The molecule has 0 radical (unpaired) electrons. The monoisotopic (exact) mass is 581 g/mol. The Balaban J connectivity index is 1.68. The number of halogens is 4. The van der Waals surface area contributed by atoms with Crippen LogP contribution >= 0.6 is 39.1 Å². The largest absolute Gasteiger partial charge is 0.490 e. The maximum Gasteiger partial charge on any atom is 0.329 e. The summed E-state index contributed by atoms with van der Waals surface area (Å²) in [7, 11) is 0. The van der Waals surface area contributed by atoms with Crippen LogP contribution in [-0.4, -0.2) is 24.6 Å². The predicted molar refractivity (Wildman–Crippen MR) is 137 cm³/mol. The molecule has 0 atom stereocenters. The zero-order valence-electron chi connectivity index (χ0n) is 18.3. The summed E-state index contributed by atoms with van der Waals surface area (Å²) in [6.45, 7) is 2.02. The zero-order chi connectivity index (χ0) is 25.4. The lowest BCUT2D eigenvalue weighted by atomic mass is 10.2. The molecule has 0 aliphatic rings. The number of amides is 2. The van der Waals surface area contributed by atoms with Crippen molar-refractivity contribution >= 4 is 62.8 Å². The number of ether oxygens (including phenoxy) is 2. The Labute approximate surface area is 219 Å². The van der Waals surface area contributed by atoms with E-state index < -0.39 is 17.6 Å². The van der Waals surface area contributed by atoms with Crippen molar-refractivity contribution in [2.75, 3.05) is 11.9 Å². The number of carbonyl (C=O) groups is 2. The van der Waals surface area contributed by atoms with Gasteiger partial charge >= 0.3 is 11.8 Å². The molecule has 0 bridgehead atoms. The highest BCUT2D eigenvalue weighted by atomic mass is 79.9. The van der Waals surface area contributed by atoms with Crippen LogP contribution in [0.4, 0.5) is 10.1 Å². The molecule has 2 N–H and O–H groups in total. The van der Waals surface area contributed by atoms with Crippen LogP contribution in [0.15, 0.2) is 64.2 Å². The molecule has 0 heterocycles. The summed E-state index contributed by atoms with van der Waals surface area (Å²) in [6.07, 6.45) is 1.33. The topological polar surface area (TPSA) is 89.0 Å². The highest BCUT2D eigenvalue weighted by molar-refractivity contribution is 9.10. The number of hydrogen-bond acceptors (Lipinski definition) is 5. The van der Waals surface area contributed by atoms with Crippen LogP contribution < -0.4 is 20.2 Å². The van der Waals surface area contributed by atoms with Gasteiger partial charge in [0.1, 0.15) is 12.4 Å². The molecule has 0 unspecified atom stereocenters. The van der Waals surface area contributed by atoms with E-state index >= 15 is 0 Å². The van der Waals surface area contributed by atoms with Crippen molar-refractivity contribution in [3.63, 3.8) is 0 Å². The number of nitrogens with zero attached hydrogens (tertiary/aromatic N) is 1. The van der Waals surface area contributed by atoms with Crippen LogP contribution in [0.3, 0.4) is 0 Å². The first-order valence-corrected chi connectivity index (χ1v) is 11.7. The van der Waals surface area contributed by atoms with Gasteiger partial charge in [-0.3, -0.25) is 9.59 Å². The molecule has 0 fully saturated rings. The lowest BCUT2D eigenvalue weighted by molar-refractivity contribution is -0.136. The standard InChI is InChI=1S/C24H19BrCl2FN3O4/c1-2-34-21-10-14(9-18(25)22(21)35-13-17-19(27)7-4-8-20(17)28)12-29-31-24(33)23(32)30-16-6-3-5-15(26)11-16/h3-12H,2,13H2,1H3,(H,30,32)(H,31,33)/b29-12+. The number of nitrogens with one attached hydrogen (secondary N) is 2. The summed E-state index contributed by atoms with van der Waals surface area (Å²) in [4.78, 5) is 24.0. The van der Waals surface area contributed by atoms with Gasteiger partial charge in [0.15, 0.2) is 11.5 Å². The SMILES string of the molecule is CCOc1cc(/C=N/NC(=O)C(=O)Nc2cccc(Cl)c2)cc(Br)c1OCc1c(F)cccc1Cl. The Morgan fingerprint density at radius 3 is 2.57 bits per heavy atom. The zero-order valence-corrected chi connectivity index (χ0v) is 21.4. The van der Waals surface area contributed by atoms with E-state index in [1.807, 2.05) is 0 Å². The normalized spacial score (nSPS) is 10.8. The molecule has 3 aromatic rings. The third-order valence-corrected chi connectivity index (χ3v) is 5.60. The van der Waals surface area contributed by atoms with Gasteiger partial charge in [0.05, 0.1) is 22.3 Å². The Kier molecular flexibility index (Phi) is 9.47. The van der Waals surface area contributed by atoms with Gasteiger partial charge in [-0.2, -0.15) is 5.10 Å². The van der Waals surface area contributed by atoms with Crippen molar-refractivity contribution < 1.29 is 23.5 Å². The molecule has 35 heavy (non-hydrogen) atoms. The van der Waals surface area contributed by atoms with Gasteiger partial charge in [0, 0.05) is 16.3 Å². The van der Waals surface area contributed by atoms with E-state index in [0.29, 0.717) is 38.9 Å². The highest BCUT2D eigenvalue weighted by Crippen LogP contribution is 2.37. The summed E-state index contributed by atoms with van der Waals surface area (Å²) < 4.78 is 26.0. The van der Waals surface area contributed by atoms with Crippen LogP contribution in [0.25, 0.3) is 0 Å². The second kappa shape index (κ2) is 12.5. The first-order valence-electron chi connectivity index (χ1n) is 10.2. The molecule has 0 saturated heterocycles. The second-order valence-electron chi connectivity index (χ2n) is 6.92. The summed E-state index contributed by atoms with van der Waals surface area (Å²) in [5.74, 6) is -1.65. The van der Waals surface area contributed by atoms with E-state index in [1.54, 1.807) is 43.3 Å².